The van der Waals surface area contributed by atoms with Crippen LogP contribution in [-0.4, -0.2) is 60.0 Å². The molecule has 0 heterocycles. The lowest BCUT2D eigenvalue weighted by molar-refractivity contribution is 0.0828. The molecule has 0 aliphatic rings. The molecule has 0 unspecified atom stereocenters. The molecule has 30 heavy (non-hydrogen) atoms. The third-order valence-electron chi connectivity index (χ3n) is 4.15. The van der Waals surface area contributed by atoms with Crippen molar-refractivity contribution >= 4 is 27.5 Å². The Morgan fingerprint density at radius 3 is 2.23 bits per heavy atom. The molecule has 0 saturated carbocycles. The fourth-order valence-corrected chi connectivity index (χ4v) is 3.76. The van der Waals surface area contributed by atoms with Crippen molar-refractivity contribution in [2.75, 3.05) is 40.2 Å². The molecule has 2 N–H and O–H groups in total. The summed E-state index contributed by atoms with van der Waals surface area (Å²) >= 11 is 0. The Bertz CT molecular complexity index is 1050. The number of methoxy groups -OCH3 is 2. The Kier molecular flexibility index (Phi) is 7.41. The number of carbonyl (C=O) groups excluding carboxylic acids is 2. The quantitative estimate of drug-likeness (QED) is 0.655. The summed E-state index contributed by atoms with van der Waals surface area (Å²) in [4.78, 5) is 26.8. The SMILES string of the molecule is CCNS(=O)(=O)c1cccc(C(=O)Nc2cc(OC)c(OC)cc2C(=O)N(C)C)c1. The summed E-state index contributed by atoms with van der Waals surface area (Å²) < 4.78 is 37.3. The molecule has 0 radical (unpaired) electrons. The summed E-state index contributed by atoms with van der Waals surface area (Å²) in [5, 5.41) is 2.66. The van der Waals surface area contributed by atoms with E-state index < -0.39 is 15.9 Å². The molecule has 2 amide bonds. The van der Waals surface area contributed by atoms with Crippen LogP contribution >= 0.6 is 0 Å². The summed E-state index contributed by atoms with van der Waals surface area (Å²) in [5.41, 5.74) is 0.519. The van der Waals surface area contributed by atoms with Crippen molar-refractivity contribution < 1.29 is 27.5 Å². The number of nitrogens with one attached hydrogen (secondary N) is 2. The van der Waals surface area contributed by atoms with Gasteiger partial charge in [-0.25, -0.2) is 13.1 Å². The maximum atomic E-state index is 12.8. The van der Waals surface area contributed by atoms with Crippen LogP contribution in [0.1, 0.15) is 27.6 Å². The van der Waals surface area contributed by atoms with Gasteiger partial charge in [0.1, 0.15) is 0 Å². The molecular weight excluding hydrogens is 410 g/mol. The van der Waals surface area contributed by atoms with Crippen LogP contribution in [-0.2, 0) is 10.0 Å². The van der Waals surface area contributed by atoms with Crippen LogP contribution in [0.5, 0.6) is 11.5 Å². The fraction of sp³-hybridized carbons (Fsp3) is 0.300. The standard InChI is InChI=1S/C20H25N3O6S/c1-6-21-30(26,27)14-9-7-8-13(10-14)19(24)22-16-12-18(29-5)17(28-4)11-15(16)20(25)23(2)3/h7-12,21H,6H2,1-5H3,(H,22,24). The van der Waals surface area contributed by atoms with Crippen LogP contribution in [0.3, 0.4) is 0 Å². The first-order valence-electron chi connectivity index (χ1n) is 9.03. The number of anilines is 1. The zero-order chi connectivity index (χ0) is 22.5. The molecule has 9 nitrogen and oxygen atoms in total. The van der Waals surface area contributed by atoms with Crippen LogP contribution in [0.2, 0.25) is 0 Å². The number of rotatable bonds is 8. The van der Waals surface area contributed by atoms with E-state index in [0.29, 0.717) is 11.5 Å². The molecule has 0 aliphatic heterocycles. The van der Waals surface area contributed by atoms with Crippen LogP contribution in [0.4, 0.5) is 5.69 Å². The zero-order valence-corrected chi connectivity index (χ0v) is 18.3. The van der Waals surface area contributed by atoms with Crippen molar-refractivity contribution in [3.63, 3.8) is 0 Å². The maximum absolute atomic E-state index is 12.8. The second kappa shape index (κ2) is 9.59. The number of sulfonamides is 1. The largest absolute Gasteiger partial charge is 0.493 e. The van der Waals surface area contributed by atoms with Crippen molar-refractivity contribution in [1.29, 1.82) is 0 Å². The lowest BCUT2D eigenvalue weighted by atomic mass is 10.1. The molecule has 0 saturated heterocycles. The number of benzene rings is 2. The third-order valence-corrected chi connectivity index (χ3v) is 5.69. The van der Waals surface area contributed by atoms with Gasteiger partial charge in [-0.05, 0) is 24.3 Å². The van der Waals surface area contributed by atoms with Gasteiger partial charge in [-0.2, -0.15) is 0 Å². The monoisotopic (exact) mass is 435 g/mol. The average molecular weight is 436 g/mol. The lowest BCUT2D eigenvalue weighted by Gasteiger charge is -2.18. The number of ether oxygens (including phenoxy) is 2. The van der Waals surface area contributed by atoms with Crippen molar-refractivity contribution in [3.05, 3.63) is 47.5 Å². The molecule has 10 heteroatoms. The highest BCUT2D eigenvalue weighted by molar-refractivity contribution is 7.89. The highest BCUT2D eigenvalue weighted by atomic mass is 32.2. The zero-order valence-electron chi connectivity index (χ0n) is 17.5. The topological polar surface area (TPSA) is 114 Å². The van der Waals surface area contributed by atoms with E-state index in [1.54, 1.807) is 21.0 Å². The van der Waals surface area contributed by atoms with E-state index in [-0.39, 0.29) is 34.2 Å². The van der Waals surface area contributed by atoms with Crippen LogP contribution < -0.4 is 19.5 Å². The van der Waals surface area contributed by atoms with Gasteiger partial charge >= 0.3 is 0 Å². The van der Waals surface area contributed by atoms with Crippen molar-refractivity contribution in [3.8, 4) is 11.5 Å². The van der Waals surface area contributed by atoms with Gasteiger partial charge < -0.3 is 19.7 Å². The predicted octanol–water partition coefficient (Wildman–Crippen LogP) is 1.96. The molecule has 0 spiro atoms. The minimum atomic E-state index is -3.72. The molecule has 0 bridgehead atoms. The number of nitrogens with zero attached hydrogens (tertiary/aromatic N) is 1. The highest BCUT2D eigenvalue weighted by Gasteiger charge is 2.21. The molecule has 162 valence electrons. The van der Waals surface area contributed by atoms with Gasteiger partial charge in [0, 0.05) is 32.3 Å². The summed E-state index contributed by atoms with van der Waals surface area (Å²) in [6, 6.07) is 8.57. The van der Waals surface area contributed by atoms with Crippen molar-refractivity contribution in [2.24, 2.45) is 0 Å². The Morgan fingerprint density at radius 1 is 1.03 bits per heavy atom. The fourth-order valence-electron chi connectivity index (χ4n) is 2.67. The Balaban J connectivity index is 2.47. The third kappa shape index (κ3) is 5.08. The Hall–Kier alpha value is -3.11. The molecule has 2 rings (SSSR count). The van der Waals surface area contributed by atoms with Gasteiger partial charge in [0.05, 0.1) is 30.4 Å². The molecule has 2 aromatic rings. The van der Waals surface area contributed by atoms with E-state index in [1.807, 2.05) is 0 Å². The molecule has 0 fully saturated rings. The Labute approximate surface area is 176 Å². The summed E-state index contributed by atoms with van der Waals surface area (Å²) in [6.07, 6.45) is 0. The summed E-state index contributed by atoms with van der Waals surface area (Å²) in [6.45, 7) is 1.88. The van der Waals surface area contributed by atoms with E-state index in [4.69, 9.17) is 9.47 Å². The molecule has 0 aromatic heterocycles. The Morgan fingerprint density at radius 2 is 1.67 bits per heavy atom. The first-order chi connectivity index (χ1) is 14.1. The van der Waals surface area contributed by atoms with E-state index in [0.717, 1.165) is 0 Å². The molecular formula is C20H25N3O6S. The summed E-state index contributed by atoms with van der Waals surface area (Å²) in [7, 11) is 2.32. The van der Waals surface area contributed by atoms with Gasteiger partial charge in [-0.15, -0.1) is 0 Å². The van der Waals surface area contributed by atoms with Crippen molar-refractivity contribution in [1.82, 2.24) is 9.62 Å². The predicted molar refractivity (Wildman–Crippen MR) is 113 cm³/mol. The van der Waals surface area contributed by atoms with E-state index in [9.17, 15) is 18.0 Å². The number of carbonyl (C=O) groups is 2. The van der Waals surface area contributed by atoms with E-state index in [1.165, 1.54) is 55.5 Å². The first kappa shape index (κ1) is 23.2. The van der Waals surface area contributed by atoms with Gasteiger partial charge in [-0.1, -0.05) is 13.0 Å². The van der Waals surface area contributed by atoms with Gasteiger partial charge in [0.25, 0.3) is 11.8 Å². The highest BCUT2D eigenvalue weighted by Crippen LogP contribution is 2.34. The maximum Gasteiger partial charge on any atom is 0.255 e. The van der Waals surface area contributed by atoms with Crippen LogP contribution in [0, 0.1) is 0 Å². The van der Waals surface area contributed by atoms with E-state index >= 15 is 0 Å². The number of hydrogen-bond donors (Lipinski definition) is 2. The van der Waals surface area contributed by atoms with Crippen LogP contribution in [0.15, 0.2) is 41.3 Å². The normalized spacial score (nSPS) is 11.0. The minimum Gasteiger partial charge on any atom is -0.493 e. The molecule has 0 atom stereocenters. The second-order valence-corrected chi connectivity index (χ2v) is 8.20. The first-order valence-corrected chi connectivity index (χ1v) is 10.5. The number of hydrogen-bond acceptors (Lipinski definition) is 6. The van der Waals surface area contributed by atoms with Gasteiger partial charge in [0.2, 0.25) is 10.0 Å². The lowest BCUT2D eigenvalue weighted by Crippen LogP contribution is -2.25. The molecule has 0 aliphatic carbocycles. The van der Waals surface area contributed by atoms with Crippen LogP contribution in [0.25, 0.3) is 0 Å². The number of amides is 2. The molecule has 2 aromatic carbocycles. The van der Waals surface area contributed by atoms with Gasteiger partial charge in [-0.3, -0.25) is 9.59 Å². The van der Waals surface area contributed by atoms with Crippen molar-refractivity contribution in [2.45, 2.75) is 11.8 Å². The van der Waals surface area contributed by atoms with Gasteiger partial charge in [0.15, 0.2) is 11.5 Å². The smallest absolute Gasteiger partial charge is 0.255 e. The van der Waals surface area contributed by atoms with E-state index in [2.05, 4.69) is 10.0 Å². The second-order valence-electron chi connectivity index (χ2n) is 6.44. The average Bonchev–Trinajstić information content (AvgIpc) is 2.72. The minimum absolute atomic E-state index is 0.0334. The summed E-state index contributed by atoms with van der Waals surface area (Å²) in [5.74, 6) is -0.274.